The standard InChI is InChI=1S/C11H9F3N2S/c12-11(13,14)9-6-3-1-2-4-8(6)16-10(17)7(9)5-15/h1-4H2,(H,16,17)/p-1. The van der Waals surface area contributed by atoms with Crippen molar-refractivity contribution in [2.45, 2.75) is 36.9 Å². The molecule has 0 atom stereocenters. The molecule has 6 heteroatoms. The molecule has 2 rings (SSSR count). The van der Waals surface area contributed by atoms with Crippen LogP contribution in [-0.2, 0) is 31.6 Å². The number of nitrogens with zero attached hydrogens (tertiary/aromatic N) is 2. The number of aromatic nitrogens is 1. The molecule has 0 spiro atoms. The highest BCUT2D eigenvalue weighted by molar-refractivity contribution is 7.58. The Balaban J connectivity index is 2.76. The Morgan fingerprint density at radius 1 is 1.24 bits per heavy atom. The molecule has 0 aliphatic heterocycles. The Hall–Kier alpha value is -1.35. The van der Waals surface area contributed by atoms with Gasteiger partial charge in [-0.05, 0) is 31.2 Å². The first-order valence-electron chi connectivity index (χ1n) is 5.15. The van der Waals surface area contributed by atoms with E-state index in [-0.39, 0.29) is 10.6 Å². The van der Waals surface area contributed by atoms with Crippen LogP contribution in [0.4, 0.5) is 13.2 Å². The van der Waals surface area contributed by atoms with Gasteiger partial charge in [-0.2, -0.15) is 18.4 Å². The van der Waals surface area contributed by atoms with Crippen molar-refractivity contribution in [3.05, 3.63) is 22.4 Å². The maximum absolute atomic E-state index is 13.0. The summed E-state index contributed by atoms with van der Waals surface area (Å²) in [4.78, 5) is 3.95. The molecule has 17 heavy (non-hydrogen) atoms. The van der Waals surface area contributed by atoms with Crippen molar-refractivity contribution in [1.29, 1.82) is 5.26 Å². The topological polar surface area (TPSA) is 36.7 Å². The highest BCUT2D eigenvalue weighted by Crippen LogP contribution is 2.38. The molecule has 0 saturated carbocycles. The Kier molecular flexibility index (Phi) is 2.96. The van der Waals surface area contributed by atoms with Gasteiger partial charge in [-0.1, -0.05) is 5.03 Å². The van der Waals surface area contributed by atoms with E-state index in [0.29, 0.717) is 25.0 Å². The molecule has 1 aromatic heterocycles. The monoisotopic (exact) mass is 257 g/mol. The Morgan fingerprint density at radius 2 is 1.88 bits per heavy atom. The summed E-state index contributed by atoms with van der Waals surface area (Å²) in [7, 11) is 0. The molecule has 1 aliphatic rings. The molecule has 0 bridgehead atoms. The first-order valence-corrected chi connectivity index (χ1v) is 5.56. The highest BCUT2D eigenvalue weighted by Gasteiger charge is 2.38. The number of halogens is 3. The summed E-state index contributed by atoms with van der Waals surface area (Å²) in [5.41, 5.74) is -0.802. The molecule has 0 unspecified atom stereocenters. The largest absolute Gasteiger partial charge is 0.759 e. The van der Waals surface area contributed by atoms with Crippen molar-refractivity contribution in [3.63, 3.8) is 0 Å². The molecule has 0 radical (unpaired) electrons. The molecule has 1 heterocycles. The molecule has 2 nitrogen and oxygen atoms in total. The van der Waals surface area contributed by atoms with Crippen molar-refractivity contribution >= 4 is 12.6 Å². The smallest absolute Gasteiger partial charge is 0.418 e. The quantitative estimate of drug-likeness (QED) is 0.670. The van der Waals surface area contributed by atoms with Crippen molar-refractivity contribution in [3.8, 4) is 6.07 Å². The van der Waals surface area contributed by atoms with Gasteiger partial charge in [-0.15, -0.1) is 0 Å². The highest BCUT2D eigenvalue weighted by atomic mass is 32.1. The van der Waals surface area contributed by atoms with Gasteiger partial charge in [0.25, 0.3) is 0 Å². The van der Waals surface area contributed by atoms with Crippen LogP contribution in [0.5, 0.6) is 0 Å². The molecular formula is C11H8F3N2S-. The van der Waals surface area contributed by atoms with E-state index in [4.69, 9.17) is 17.9 Å². The number of rotatable bonds is 0. The lowest BCUT2D eigenvalue weighted by molar-refractivity contribution is -0.138. The minimum Gasteiger partial charge on any atom is -0.759 e. The van der Waals surface area contributed by atoms with Gasteiger partial charge in [0.05, 0.1) is 17.2 Å². The van der Waals surface area contributed by atoms with Crippen molar-refractivity contribution < 1.29 is 13.2 Å². The van der Waals surface area contributed by atoms with Crippen molar-refractivity contribution in [2.24, 2.45) is 0 Å². The van der Waals surface area contributed by atoms with Crippen molar-refractivity contribution in [2.75, 3.05) is 0 Å². The van der Waals surface area contributed by atoms with E-state index in [2.05, 4.69) is 4.98 Å². The van der Waals surface area contributed by atoms with Crippen LogP contribution < -0.4 is 0 Å². The van der Waals surface area contributed by atoms with Crippen LogP contribution >= 0.6 is 0 Å². The fourth-order valence-corrected chi connectivity index (χ4v) is 2.39. The zero-order valence-corrected chi connectivity index (χ0v) is 9.58. The summed E-state index contributed by atoms with van der Waals surface area (Å²) < 4.78 is 38.9. The lowest BCUT2D eigenvalue weighted by atomic mass is 9.90. The maximum atomic E-state index is 13.0. The minimum absolute atomic E-state index is 0.161. The zero-order chi connectivity index (χ0) is 12.6. The van der Waals surface area contributed by atoms with E-state index in [1.807, 2.05) is 0 Å². The lowest BCUT2D eigenvalue weighted by Gasteiger charge is -2.24. The van der Waals surface area contributed by atoms with E-state index in [9.17, 15) is 13.2 Å². The average molecular weight is 257 g/mol. The van der Waals surface area contributed by atoms with Gasteiger partial charge in [0, 0.05) is 5.69 Å². The summed E-state index contributed by atoms with van der Waals surface area (Å²) in [5.74, 6) is 0. The van der Waals surface area contributed by atoms with Crippen LogP contribution in [0.1, 0.15) is 35.2 Å². The van der Waals surface area contributed by atoms with E-state index in [1.165, 1.54) is 6.07 Å². The van der Waals surface area contributed by atoms with Gasteiger partial charge in [-0.3, -0.25) is 4.98 Å². The molecule has 90 valence electrons. The fraction of sp³-hybridized carbons (Fsp3) is 0.455. The predicted molar refractivity (Wildman–Crippen MR) is 56.2 cm³/mol. The van der Waals surface area contributed by atoms with Crippen LogP contribution in [0.25, 0.3) is 0 Å². The van der Waals surface area contributed by atoms with Crippen molar-refractivity contribution in [1.82, 2.24) is 4.98 Å². The Labute approximate surface area is 102 Å². The maximum Gasteiger partial charge on any atom is 0.418 e. The number of nitriles is 1. The number of hydrogen-bond donors (Lipinski definition) is 0. The molecule has 0 amide bonds. The van der Waals surface area contributed by atoms with Crippen LogP contribution in [0.2, 0.25) is 0 Å². The van der Waals surface area contributed by atoms with Crippen LogP contribution in [-0.4, -0.2) is 4.98 Å². The third-order valence-electron chi connectivity index (χ3n) is 2.84. The van der Waals surface area contributed by atoms with Gasteiger partial charge in [0.2, 0.25) is 0 Å². The molecule has 0 saturated heterocycles. The Bertz CT molecular complexity index is 503. The molecule has 1 aliphatic carbocycles. The fourth-order valence-electron chi connectivity index (χ4n) is 2.13. The lowest BCUT2D eigenvalue weighted by Crippen LogP contribution is -2.19. The van der Waals surface area contributed by atoms with Gasteiger partial charge in [0.1, 0.15) is 0 Å². The third kappa shape index (κ3) is 2.07. The van der Waals surface area contributed by atoms with Crippen LogP contribution in [0.3, 0.4) is 0 Å². The van der Waals surface area contributed by atoms with E-state index < -0.39 is 17.3 Å². The number of alkyl halides is 3. The number of hydrogen-bond acceptors (Lipinski definition) is 3. The predicted octanol–water partition coefficient (Wildman–Crippen LogP) is 2.76. The van der Waals surface area contributed by atoms with E-state index >= 15 is 0 Å². The Morgan fingerprint density at radius 3 is 2.47 bits per heavy atom. The summed E-state index contributed by atoms with van der Waals surface area (Å²) in [6.07, 6.45) is -2.20. The second kappa shape index (κ2) is 4.15. The average Bonchev–Trinajstić information content (AvgIpc) is 2.25. The van der Waals surface area contributed by atoms with Gasteiger partial charge in [-0.25, -0.2) is 0 Å². The number of fused-ring (bicyclic) bond motifs is 1. The molecule has 0 fully saturated rings. The van der Waals surface area contributed by atoms with E-state index in [0.717, 1.165) is 6.42 Å². The zero-order valence-electron chi connectivity index (χ0n) is 8.76. The first kappa shape index (κ1) is 12.1. The van der Waals surface area contributed by atoms with Crippen LogP contribution in [0.15, 0.2) is 5.03 Å². The third-order valence-corrected chi connectivity index (χ3v) is 3.13. The van der Waals surface area contributed by atoms with Crippen LogP contribution in [0, 0.1) is 11.3 Å². The second-order valence-corrected chi connectivity index (χ2v) is 4.30. The normalized spacial score (nSPS) is 15.2. The molecule has 0 N–H and O–H groups in total. The SMILES string of the molecule is N#Cc1c([S-])nc2c(c1C(F)(F)F)CCCC2. The second-order valence-electron chi connectivity index (χ2n) is 3.91. The molecule has 1 aromatic rings. The van der Waals surface area contributed by atoms with Gasteiger partial charge < -0.3 is 12.6 Å². The molecular weight excluding hydrogens is 249 g/mol. The molecule has 0 aromatic carbocycles. The van der Waals surface area contributed by atoms with Gasteiger partial charge >= 0.3 is 6.18 Å². The van der Waals surface area contributed by atoms with Gasteiger partial charge in [0.15, 0.2) is 0 Å². The minimum atomic E-state index is -4.54. The number of pyridine rings is 1. The first-order chi connectivity index (χ1) is 7.95. The summed E-state index contributed by atoms with van der Waals surface area (Å²) in [6, 6.07) is 1.53. The summed E-state index contributed by atoms with van der Waals surface area (Å²) >= 11 is 4.76. The summed E-state index contributed by atoms with van der Waals surface area (Å²) in [6.45, 7) is 0. The van der Waals surface area contributed by atoms with E-state index in [1.54, 1.807) is 0 Å². The number of aryl methyl sites for hydroxylation is 1. The summed E-state index contributed by atoms with van der Waals surface area (Å²) in [5, 5.41) is 8.57.